The Morgan fingerprint density at radius 1 is 1.45 bits per heavy atom. The summed E-state index contributed by atoms with van der Waals surface area (Å²) in [7, 11) is -0.359. The third-order valence-corrected chi connectivity index (χ3v) is 4.68. The van der Waals surface area contributed by atoms with E-state index in [4.69, 9.17) is 4.74 Å². The van der Waals surface area contributed by atoms with Gasteiger partial charge in [-0.3, -0.25) is 0 Å². The Hall–Kier alpha value is -1.45. The Labute approximate surface area is 125 Å². The summed E-state index contributed by atoms with van der Waals surface area (Å²) in [6.45, 7) is 0.0719. The molecule has 1 N–H and O–H groups in total. The highest BCUT2D eigenvalue weighted by atomic mass is 79.9. The number of halogens is 1. The number of methoxy groups -OCH3 is 1. The van der Waals surface area contributed by atoms with Gasteiger partial charge in [0.15, 0.2) is 0 Å². The van der Waals surface area contributed by atoms with Gasteiger partial charge in [0.2, 0.25) is 10.0 Å². The van der Waals surface area contributed by atoms with E-state index in [1.165, 1.54) is 25.6 Å². The van der Waals surface area contributed by atoms with Gasteiger partial charge in [0.25, 0.3) is 0 Å². The number of rotatable bonds is 5. The minimum atomic E-state index is -3.62. The maximum Gasteiger partial charge on any atom is 0.241 e. The van der Waals surface area contributed by atoms with E-state index in [0.29, 0.717) is 16.0 Å². The molecule has 0 saturated heterocycles. The summed E-state index contributed by atoms with van der Waals surface area (Å²) >= 11 is 3.26. The molecule has 1 aromatic carbocycles. The highest BCUT2D eigenvalue weighted by Gasteiger charge is 2.16. The minimum Gasteiger partial charge on any atom is -0.496 e. The van der Waals surface area contributed by atoms with Crippen LogP contribution in [0.5, 0.6) is 5.75 Å². The van der Waals surface area contributed by atoms with Crippen LogP contribution in [0.25, 0.3) is 0 Å². The average molecular weight is 361 g/mol. The van der Waals surface area contributed by atoms with Gasteiger partial charge in [-0.05, 0) is 34.1 Å². The molecule has 0 unspecified atom stereocenters. The van der Waals surface area contributed by atoms with Crippen LogP contribution in [0.3, 0.4) is 0 Å². The number of aromatic nitrogens is 3. The van der Waals surface area contributed by atoms with E-state index < -0.39 is 10.0 Å². The second-order valence-corrected chi connectivity index (χ2v) is 6.60. The van der Waals surface area contributed by atoms with Crippen molar-refractivity contribution in [2.75, 3.05) is 7.11 Å². The Kier molecular flexibility index (Phi) is 4.41. The molecule has 20 heavy (non-hydrogen) atoms. The average Bonchev–Trinajstić information content (AvgIpc) is 2.82. The molecule has 0 spiro atoms. The Balaban J connectivity index is 2.18. The van der Waals surface area contributed by atoms with Crippen molar-refractivity contribution in [3.8, 4) is 5.75 Å². The molecular formula is C11H13BrN4O3S. The summed E-state index contributed by atoms with van der Waals surface area (Å²) < 4.78 is 34.1. The van der Waals surface area contributed by atoms with Crippen LogP contribution in [-0.2, 0) is 23.6 Å². The van der Waals surface area contributed by atoms with Crippen molar-refractivity contribution in [3.63, 3.8) is 0 Å². The van der Waals surface area contributed by atoms with E-state index in [2.05, 4.69) is 30.8 Å². The number of nitrogens with zero attached hydrogens (tertiary/aromatic N) is 3. The lowest BCUT2D eigenvalue weighted by Crippen LogP contribution is -2.24. The fraction of sp³-hybridized carbons (Fsp3) is 0.273. The Bertz CT molecular complexity index is 714. The highest BCUT2D eigenvalue weighted by Crippen LogP contribution is 2.27. The van der Waals surface area contributed by atoms with Gasteiger partial charge in [0, 0.05) is 7.05 Å². The largest absolute Gasteiger partial charge is 0.496 e. The number of sulfonamides is 1. The monoisotopic (exact) mass is 360 g/mol. The summed E-state index contributed by atoms with van der Waals surface area (Å²) in [5.74, 6) is 1.10. The van der Waals surface area contributed by atoms with E-state index in [-0.39, 0.29) is 11.4 Å². The van der Waals surface area contributed by atoms with Crippen LogP contribution >= 0.6 is 15.9 Å². The number of nitrogens with one attached hydrogen (secondary N) is 1. The van der Waals surface area contributed by atoms with Crippen LogP contribution in [0, 0.1) is 0 Å². The molecule has 2 rings (SSSR count). The summed E-state index contributed by atoms with van der Waals surface area (Å²) in [5.41, 5.74) is 0. The Morgan fingerprint density at radius 2 is 2.20 bits per heavy atom. The zero-order valence-electron chi connectivity index (χ0n) is 10.9. The SMILES string of the molecule is COc1ccc(S(=O)(=O)NCc2nncn2C)cc1Br. The highest BCUT2D eigenvalue weighted by molar-refractivity contribution is 9.10. The lowest BCUT2D eigenvalue weighted by Gasteiger charge is -2.08. The fourth-order valence-electron chi connectivity index (χ4n) is 1.52. The molecule has 7 nitrogen and oxygen atoms in total. The molecule has 0 aliphatic heterocycles. The number of ether oxygens (including phenoxy) is 1. The molecule has 0 bridgehead atoms. The van der Waals surface area contributed by atoms with Crippen LogP contribution in [0.1, 0.15) is 5.82 Å². The second-order valence-electron chi connectivity index (χ2n) is 3.98. The van der Waals surface area contributed by atoms with Gasteiger partial charge in [0.1, 0.15) is 17.9 Å². The zero-order chi connectivity index (χ0) is 14.8. The van der Waals surface area contributed by atoms with Crippen molar-refractivity contribution in [2.24, 2.45) is 7.05 Å². The lowest BCUT2D eigenvalue weighted by molar-refractivity contribution is 0.411. The molecule has 0 atom stereocenters. The van der Waals surface area contributed by atoms with E-state index >= 15 is 0 Å². The van der Waals surface area contributed by atoms with Gasteiger partial charge < -0.3 is 9.30 Å². The first-order valence-electron chi connectivity index (χ1n) is 5.60. The molecule has 0 aliphatic carbocycles. The summed E-state index contributed by atoms with van der Waals surface area (Å²) in [5, 5.41) is 7.50. The van der Waals surface area contributed by atoms with Crippen molar-refractivity contribution < 1.29 is 13.2 Å². The zero-order valence-corrected chi connectivity index (χ0v) is 13.3. The van der Waals surface area contributed by atoms with E-state index in [1.54, 1.807) is 17.7 Å². The van der Waals surface area contributed by atoms with Crippen LogP contribution < -0.4 is 9.46 Å². The molecule has 0 amide bonds. The standard InChI is InChI=1S/C11H13BrN4O3S/c1-16-7-13-15-11(16)6-14-20(17,18)8-3-4-10(19-2)9(12)5-8/h3-5,7,14H,6H2,1-2H3. The molecule has 0 saturated carbocycles. The van der Waals surface area contributed by atoms with E-state index in [1.807, 2.05) is 0 Å². The summed E-state index contributed by atoms with van der Waals surface area (Å²) in [6.07, 6.45) is 1.51. The van der Waals surface area contributed by atoms with Gasteiger partial charge >= 0.3 is 0 Å². The molecule has 1 heterocycles. The van der Waals surface area contributed by atoms with Gasteiger partial charge in [-0.2, -0.15) is 0 Å². The molecule has 9 heteroatoms. The maximum absolute atomic E-state index is 12.2. The second kappa shape index (κ2) is 5.90. The Morgan fingerprint density at radius 3 is 2.75 bits per heavy atom. The normalized spacial score (nSPS) is 11.6. The van der Waals surface area contributed by atoms with E-state index in [9.17, 15) is 8.42 Å². The fourth-order valence-corrected chi connectivity index (χ4v) is 3.22. The van der Waals surface area contributed by atoms with Gasteiger partial charge in [-0.15, -0.1) is 10.2 Å². The number of hydrogen-bond acceptors (Lipinski definition) is 5. The molecule has 108 valence electrons. The third kappa shape index (κ3) is 3.17. The van der Waals surface area contributed by atoms with Crippen molar-refractivity contribution in [3.05, 3.63) is 34.8 Å². The topological polar surface area (TPSA) is 86.1 Å². The summed E-state index contributed by atoms with van der Waals surface area (Å²) in [6, 6.07) is 4.54. The molecule has 0 fully saturated rings. The lowest BCUT2D eigenvalue weighted by atomic mass is 10.3. The molecular weight excluding hydrogens is 348 g/mol. The minimum absolute atomic E-state index is 0.0719. The summed E-state index contributed by atoms with van der Waals surface area (Å²) in [4.78, 5) is 0.146. The molecule has 0 radical (unpaired) electrons. The first-order chi connectivity index (χ1) is 9.44. The van der Waals surface area contributed by atoms with Crippen LogP contribution in [0.2, 0.25) is 0 Å². The van der Waals surface area contributed by atoms with Gasteiger partial charge in [-0.25, -0.2) is 13.1 Å². The van der Waals surface area contributed by atoms with Gasteiger partial charge in [0.05, 0.1) is 23.0 Å². The molecule has 2 aromatic rings. The third-order valence-electron chi connectivity index (χ3n) is 2.66. The number of hydrogen-bond donors (Lipinski definition) is 1. The predicted molar refractivity (Wildman–Crippen MR) is 75.7 cm³/mol. The maximum atomic E-state index is 12.2. The van der Waals surface area contributed by atoms with Crippen LogP contribution in [0.4, 0.5) is 0 Å². The molecule has 0 aliphatic rings. The molecule has 1 aromatic heterocycles. The van der Waals surface area contributed by atoms with Crippen molar-refractivity contribution in [2.45, 2.75) is 11.4 Å². The predicted octanol–water partition coefficient (Wildman–Crippen LogP) is 1.06. The first kappa shape index (κ1) is 14.9. The van der Waals surface area contributed by atoms with Crippen LogP contribution in [-0.4, -0.2) is 30.3 Å². The van der Waals surface area contributed by atoms with Crippen LogP contribution in [0.15, 0.2) is 33.9 Å². The van der Waals surface area contributed by atoms with Crippen molar-refractivity contribution in [1.82, 2.24) is 19.5 Å². The smallest absolute Gasteiger partial charge is 0.241 e. The number of aryl methyl sites for hydroxylation is 1. The van der Waals surface area contributed by atoms with Crippen molar-refractivity contribution in [1.29, 1.82) is 0 Å². The van der Waals surface area contributed by atoms with Gasteiger partial charge in [-0.1, -0.05) is 0 Å². The number of benzene rings is 1. The van der Waals surface area contributed by atoms with Crippen molar-refractivity contribution >= 4 is 26.0 Å². The quantitative estimate of drug-likeness (QED) is 0.861. The first-order valence-corrected chi connectivity index (χ1v) is 7.88. The van der Waals surface area contributed by atoms with E-state index in [0.717, 1.165) is 0 Å².